The van der Waals surface area contributed by atoms with Gasteiger partial charge in [0.25, 0.3) is 5.91 Å². The first kappa shape index (κ1) is 25.0. The Balaban J connectivity index is 1.38. The van der Waals surface area contributed by atoms with Gasteiger partial charge in [0.05, 0.1) is 18.6 Å². The molecule has 0 radical (unpaired) electrons. The second-order valence-corrected chi connectivity index (χ2v) is 9.60. The molecule has 2 fully saturated rings. The predicted octanol–water partition coefficient (Wildman–Crippen LogP) is 3.29. The summed E-state index contributed by atoms with van der Waals surface area (Å²) in [5.41, 5.74) is 7.60. The smallest absolute Gasteiger partial charge is 0.258 e. The summed E-state index contributed by atoms with van der Waals surface area (Å²) < 4.78 is 5.32. The minimum Gasteiger partial charge on any atom is -0.496 e. The Kier molecular flexibility index (Phi) is 7.93. The van der Waals surface area contributed by atoms with Gasteiger partial charge in [-0.05, 0) is 68.1 Å². The van der Waals surface area contributed by atoms with Crippen LogP contribution in [-0.2, 0) is 16.1 Å². The average molecular weight is 499 g/mol. The third kappa shape index (κ3) is 5.94. The molecule has 186 valence electrons. The first-order valence-electron chi connectivity index (χ1n) is 11.9. The van der Waals surface area contributed by atoms with Crippen molar-refractivity contribution in [2.45, 2.75) is 38.3 Å². The molecule has 2 aromatic rings. The summed E-state index contributed by atoms with van der Waals surface area (Å²) in [6.07, 6.45) is 3.14. The van der Waals surface area contributed by atoms with Crippen LogP contribution in [0, 0.1) is 5.92 Å². The lowest BCUT2D eigenvalue weighted by Crippen LogP contribution is -2.43. The Morgan fingerprint density at radius 2 is 1.83 bits per heavy atom. The number of piperidine rings is 1. The maximum atomic E-state index is 13.2. The number of primary amides is 1. The molecule has 2 atom stereocenters. The van der Waals surface area contributed by atoms with E-state index in [0.29, 0.717) is 41.5 Å². The number of carbonyl (C=O) groups is 3. The summed E-state index contributed by atoms with van der Waals surface area (Å²) in [6, 6.07) is 12.0. The van der Waals surface area contributed by atoms with E-state index in [-0.39, 0.29) is 23.6 Å². The van der Waals surface area contributed by atoms with Gasteiger partial charge in [0, 0.05) is 30.3 Å². The van der Waals surface area contributed by atoms with Crippen molar-refractivity contribution in [1.29, 1.82) is 0 Å². The van der Waals surface area contributed by atoms with Gasteiger partial charge < -0.3 is 20.7 Å². The lowest BCUT2D eigenvalue weighted by molar-refractivity contribution is -0.123. The number of amides is 3. The number of hydrogen-bond donors (Lipinski definition) is 2. The van der Waals surface area contributed by atoms with Crippen LogP contribution in [0.3, 0.4) is 0 Å². The Morgan fingerprint density at radius 1 is 1.09 bits per heavy atom. The third-order valence-electron chi connectivity index (χ3n) is 6.74. The van der Waals surface area contributed by atoms with E-state index in [1.165, 1.54) is 7.11 Å². The average Bonchev–Trinajstić information content (AvgIpc) is 3.35. The van der Waals surface area contributed by atoms with Crippen LogP contribution >= 0.6 is 11.6 Å². The van der Waals surface area contributed by atoms with E-state index in [0.717, 1.165) is 37.9 Å². The van der Waals surface area contributed by atoms with Gasteiger partial charge in [-0.15, -0.1) is 0 Å². The molecule has 8 nitrogen and oxygen atoms in total. The maximum absolute atomic E-state index is 13.2. The number of likely N-dealkylation sites (tertiary alicyclic amines) is 2. The summed E-state index contributed by atoms with van der Waals surface area (Å²) >= 11 is 6.10. The number of anilines is 1. The first-order valence-corrected chi connectivity index (χ1v) is 12.3. The van der Waals surface area contributed by atoms with Crippen LogP contribution in [0.1, 0.15) is 41.6 Å². The predicted molar refractivity (Wildman–Crippen MR) is 134 cm³/mol. The zero-order valence-corrected chi connectivity index (χ0v) is 20.6. The van der Waals surface area contributed by atoms with Crippen LogP contribution in [0.2, 0.25) is 5.02 Å². The molecule has 2 aliphatic heterocycles. The van der Waals surface area contributed by atoms with Crippen LogP contribution in [0.15, 0.2) is 42.5 Å². The fraction of sp³-hybridized carbons (Fsp3) is 0.423. The minimum atomic E-state index is -0.565. The number of ether oxygens (including phenoxy) is 1. The maximum Gasteiger partial charge on any atom is 0.258 e. The second-order valence-electron chi connectivity index (χ2n) is 9.16. The number of nitrogens with two attached hydrogens (primary N) is 1. The molecule has 2 aliphatic rings. The zero-order chi connectivity index (χ0) is 24.9. The highest BCUT2D eigenvalue weighted by Gasteiger charge is 2.35. The van der Waals surface area contributed by atoms with Gasteiger partial charge in [-0.25, -0.2) is 0 Å². The standard InChI is InChI=1S/C26H31ClN4O4/c1-35-23-11-8-19(27)14-21(23)26(34)31-13-3-5-22(31)25(33)29-20-9-6-17(7-10-20)15-30-12-2-4-18(16-30)24(28)32/h6-11,14,18,22H,2-5,12-13,15-16H2,1H3,(H2,28,32)(H,29,33)/t18-,22-/m1/s1. The summed E-state index contributed by atoms with van der Waals surface area (Å²) in [7, 11) is 1.50. The third-order valence-corrected chi connectivity index (χ3v) is 6.98. The van der Waals surface area contributed by atoms with Gasteiger partial charge in [0.15, 0.2) is 0 Å². The first-order chi connectivity index (χ1) is 16.9. The quantitative estimate of drug-likeness (QED) is 0.609. The van der Waals surface area contributed by atoms with Crippen molar-refractivity contribution in [2.24, 2.45) is 11.7 Å². The van der Waals surface area contributed by atoms with Crippen molar-refractivity contribution in [1.82, 2.24) is 9.80 Å². The Labute approximate surface area is 210 Å². The van der Waals surface area contributed by atoms with Crippen LogP contribution < -0.4 is 15.8 Å². The number of carbonyl (C=O) groups excluding carboxylic acids is 3. The minimum absolute atomic E-state index is 0.0914. The monoisotopic (exact) mass is 498 g/mol. The molecule has 0 unspecified atom stereocenters. The van der Waals surface area contributed by atoms with Gasteiger partial charge in [0.2, 0.25) is 11.8 Å². The summed E-state index contributed by atoms with van der Waals surface area (Å²) in [5.74, 6) is -0.387. The van der Waals surface area contributed by atoms with Crippen molar-refractivity contribution in [2.75, 3.05) is 32.1 Å². The molecule has 2 saturated heterocycles. The molecule has 0 saturated carbocycles. The number of halogens is 1. The van der Waals surface area contributed by atoms with E-state index in [4.69, 9.17) is 22.1 Å². The van der Waals surface area contributed by atoms with E-state index in [2.05, 4.69) is 10.2 Å². The topological polar surface area (TPSA) is 105 Å². The molecular formula is C26H31ClN4O4. The summed E-state index contributed by atoms with van der Waals surface area (Å²) in [6.45, 7) is 2.83. The molecule has 0 spiro atoms. The molecular weight excluding hydrogens is 468 g/mol. The normalized spacial score (nSPS) is 20.5. The fourth-order valence-electron chi connectivity index (χ4n) is 4.89. The molecule has 3 amide bonds. The van der Waals surface area contributed by atoms with E-state index in [9.17, 15) is 14.4 Å². The molecule has 9 heteroatoms. The van der Waals surface area contributed by atoms with Gasteiger partial charge in [-0.2, -0.15) is 0 Å². The van der Waals surface area contributed by atoms with E-state index < -0.39 is 6.04 Å². The number of hydrogen-bond acceptors (Lipinski definition) is 5. The van der Waals surface area contributed by atoms with E-state index in [1.54, 1.807) is 23.1 Å². The molecule has 3 N–H and O–H groups in total. The Bertz CT molecular complexity index is 1090. The highest BCUT2D eigenvalue weighted by molar-refractivity contribution is 6.31. The molecule has 0 aliphatic carbocycles. The van der Waals surface area contributed by atoms with Crippen LogP contribution in [0.4, 0.5) is 5.69 Å². The van der Waals surface area contributed by atoms with E-state index >= 15 is 0 Å². The number of benzene rings is 2. The van der Waals surface area contributed by atoms with Crippen LogP contribution in [0.25, 0.3) is 0 Å². The van der Waals surface area contributed by atoms with Gasteiger partial charge in [-0.3, -0.25) is 19.3 Å². The van der Waals surface area contributed by atoms with Crippen LogP contribution in [0.5, 0.6) is 5.75 Å². The number of methoxy groups -OCH3 is 1. The zero-order valence-electron chi connectivity index (χ0n) is 19.8. The van der Waals surface area contributed by atoms with E-state index in [1.807, 2.05) is 24.3 Å². The number of nitrogens with zero attached hydrogens (tertiary/aromatic N) is 2. The summed E-state index contributed by atoms with van der Waals surface area (Å²) in [5, 5.41) is 3.38. The molecule has 2 heterocycles. The fourth-order valence-corrected chi connectivity index (χ4v) is 5.07. The van der Waals surface area contributed by atoms with Crippen molar-refractivity contribution in [3.05, 3.63) is 58.6 Å². The SMILES string of the molecule is COc1ccc(Cl)cc1C(=O)N1CCC[C@@H]1C(=O)Nc1ccc(CN2CCC[C@@H](C(N)=O)C2)cc1. The molecule has 4 rings (SSSR count). The largest absolute Gasteiger partial charge is 0.496 e. The highest BCUT2D eigenvalue weighted by atomic mass is 35.5. The van der Waals surface area contributed by atoms with Gasteiger partial charge >= 0.3 is 0 Å². The Morgan fingerprint density at radius 3 is 2.54 bits per heavy atom. The lowest BCUT2D eigenvalue weighted by atomic mass is 9.97. The number of rotatable bonds is 7. The number of nitrogens with one attached hydrogen (secondary N) is 1. The molecule has 0 bridgehead atoms. The van der Waals surface area contributed by atoms with Crippen molar-refractivity contribution in [3.63, 3.8) is 0 Å². The van der Waals surface area contributed by atoms with Crippen molar-refractivity contribution < 1.29 is 19.1 Å². The molecule has 2 aromatic carbocycles. The highest BCUT2D eigenvalue weighted by Crippen LogP contribution is 2.28. The molecule has 0 aromatic heterocycles. The summed E-state index contributed by atoms with van der Waals surface area (Å²) in [4.78, 5) is 41.6. The van der Waals surface area contributed by atoms with Gasteiger partial charge in [0.1, 0.15) is 11.8 Å². The van der Waals surface area contributed by atoms with Gasteiger partial charge in [-0.1, -0.05) is 23.7 Å². The van der Waals surface area contributed by atoms with Crippen molar-refractivity contribution >= 4 is 35.0 Å². The molecule has 35 heavy (non-hydrogen) atoms. The lowest BCUT2D eigenvalue weighted by Gasteiger charge is -2.31. The van der Waals surface area contributed by atoms with Crippen molar-refractivity contribution in [3.8, 4) is 5.75 Å². The Hall–Kier alpha value is -3.10. The second kappa shape index (κ2) is 11.1. The van der Waals surface area contributed by atoms with Crippen LogP contribution in [-0.4, -0.2) is 60.3 Å².